The van der Waals surface area contributed by atoms with Gasteiger partial charge < -0.3 is 15.8 Å². The van der Waals surface area contributed by atoms with E-state index in [1.54, 1.807) is 6.07 Å². The van der Waals surface area contributed by atoms with Crippen LogP contribution < -0.4 is 11.1 Å². The lowest BCUT2D eigenvalue weighted by Gasteiger charge is -2.21. The Morgan fingerprint density at radius 2 is 1.91 bits per heavy atom. The summed E-state index contributed by atoms with van der Waals surface area (Å²) in [6, 6.07) is 9.43. The number of ether oxygens (including phenoxy) is 1. The second kappa shape index (κ2) is 6.05. The Balaban J connectivity index is 2.36. The van der Waals surface area contributed by atoms with Crippen molar-refractivity contribution in [2.75, 3.05) is 11.1 Å². The van der Waals surface area contributed by atoms with Crippen LogP contribution in [0.4, 0.5) is 17.2 Å². The van der Waals surface area contributed by atoms with E-state index in [4.69, 9.17) is 10.5 Å². The Morgan fingerprint density at radius 1 is 1.23 bits per heavy atom. The van der Waals surface area contributed by atoms with Gasteiger partial charge in [0.1, 0.15) is 17.0 Å². The second-order valence-corrected chi connectivity index (χ2v) is 6.10. The topological polar surface area (TPSA) is 77.2 Å². The van der Waals surface area contributed by atoms with Crippen LogP contribution in [-0.2, 0) is 4.74 Å². The lowest BCUT2D eigenvalue weighted by Crippen LogP contribution is -2.24. The summed E-state index contributed by atoms with van der Waals surface area (Å²) in [5, 5.41) is 3.23. The molecule has 0 amide bonds. The number of carbonyl (C=O) groups excluding carboxylic acids is 1. The molecule has 1 aromatic heterocycles. The highest BCUT2D eigenvalue weighted by molar-refractivity contribution is 5.97. The Morgan fingerprint density at radius 3 is 2.55 bits per heavy atom. The monoisotopic (exact) mass is 299 g/mol. The minimum absolute atomic E-state index is 0.336. The van der Waals surface area contributed by atoms with E-state index in [-0.39, 0.29) is 0 Å². The minimum Gasteiger partial charge on any atom is -0.456 e. The van der Waals surface area contributed by atoms with Gasteiger partial charge in [-0.1, -0.05) is 18.2 Å². The largest absolute Gasteiger partial charge is 0.456 e. The third-order valence-electron chi connectivity index (χ3n) is 2.96. The van der Waals surface area contributed by atoms with E-state index >= 15 is 0 Å². The first kappa shape index (κ1) is 15.8. The number of esters is 1. The van der Waals surface area contributed by atoms with Gasteiger partial charge in [-0.3, -0.25) is 0 Å². The SMILES string of the molecule is Cc1ccccc1Nc1cc(N)ncc1C(=O)OC(C)(C)C. The van der Waals surface area contributed by atoms with E-state index in [9.17, 15) is 4.79 Å². The maximum Gasteiger partial charge on any atom is 0.342 e. The number of nitrogens with zero attached hydrogens (tertiary/aromatic N) is 1. The molecular weight excluding hydrogens is 278 g/mol. The molecule has 0 aliphatic carbocycles. The number of hydrogen-bond acceptors (Lipinski definition) is 5. The van der Waals surface area contributed by atoms with Crippen LogP contribution >= 0.6 is 0 Å². The molecule has 0 fully saturated rings. The molecule has 1 heterocycles. The van der Waals surface area contributed by atoms with Gasteiger partial charge in [0.05, 0.1) is 5.69 Å². The van der Waals surface area contributed by atoms with Crippen molar-refractivity contribution >= 4 is 23.2 Å². The zero-order valence-corrected chi connectivity index (χ0v) is 13.3. The van der Waals surface area contributed by atoms with Crippen LogP contribution in [0.15, 0.2) is 36.5 Å². The first-order valence-electron chi connectivity index (χ1n) is 7.08. The fraction of sp³-hybridized carbons (Fsp3) is 0.294. The van der Waals surface area contributed by atoms with E-state index < -0.39 is 11.6 Å². The number of anilines is 3. The predicted molar refractivity (Wildman–Crippen MR) is 88.3 cm³/mol. The standard InChI is InChI=1S/C17H21N3O2/c1-11-7-5-6-8-13(11)20-14-9-15(18)19-10-12(14)16(21)22-17(2,3)4/h5-10H,1-4H3,(H3,18,19,20). The lowest BCUT2D eigenvalue weighted by molar-refractivity contribution is 0.00704. The molecule has 2 aromatic rings. The zero-order valence-electron chi connectivity index (χ0n) is 13.3. The van der Waals surface area contributed by atoms with Gasteiger partial charge in [0, 0.05) is 18.0 Å². The molecule has 5 heteroatoms. The van der Waals surface area contributed by atoms with E-state index in [1.165, 1.54) is 6.20 Å². The fourth-order valence-corrected chi connectivity index (χ4v) is 1.93. The molecule has 0 bridgehead atoms. The molecule has 0 spiro atoms. The molecule has 0 unspecified atom stereocenters. The summed E-state index contributed by atoms with van der Waals surface area (Å²) in [4.78, 5) is 16.3. The predicted octanol–water partition coefficient (Wildman–Crippen LogP) is 3.67. The van der Waals surface area contributed by atoms with Crippen LogP contribution in [0, 0.1) is 6.92 Å². The maximum atomic E-state index is 12.3. The van der Waals surface area contributed by atoms with Crippen LogP contribution in [0.2, 0.25) is 0 Å². The molecule has 0 saturated heterocycles. The molecule has 1 aromatic carbocycles. The van der Waals surface area contributed by atoms with Crippen molar-refractivity contribution in [3.05, 3.63) is 47.7 Å². The summed E-state index contributed by atoms with van der Waals surface area (Å²) in [7, 11) is 0. The van der Waals surface area contributed by atoms with Gasteiger partial charge in [-0.2, -0.15) is 0 Å². The van der Waals surface area contributed by atoms with Crippen molar-refractivity contribution in [2.45, 2.75) is 33.3 Å². The Labute approximate surface area is 130 Å². The minimum atomic E-state index is -0.571. The summed E-state index contributed by atoms with van der Waals surface area (Å²) in [6.07, 6.45) is 1.43. The van der Waals surface area contributed by atoms with Crippen molar-refractivity contribution in [3.63, 3.8) is 0 Å². The van der Waals surface area contributed by atoms with Gasteiger partial charge >= 0.3 is 5.97 Å². The highest BCUT2D eigenvalue weighted by Gasteiger charge is 2.21. The van der Waals surface area contributed by atoms with Crippen molar-refractivity contribution in [1.82, 2.24) is 4.98 Å². The van der Waals surface area contributed by atoms with E-state index in [0.717, 1.165) is 11.3 Å². The first-order valence-corrected chi connectivity index (χ1v) is 7.08. The molecule has 0 aliphatic heterocycles. The van der Waals surface area contributed by atoms with Crippen molar-refractivity contribution in [1.29, 1.82) is 0 Å². The number of pyridine rings is 1. The van der Waals surface area contributed by atoms with Crippen LogP contribution in [0.25, 0.3) is 0 Å². The lowest BCUT2D eigenvalue weighted by atomic mass is 10.1. The van der Waals surface area contributed by atoms with Crippen molar-refractivity contribution < 1.29 is 9.53 Å². The van der Waals surface area contributed by atoms with E-state index in [1.807, 2.05) is 52.0 Å². The molecule has 116 valence electrons. The number of nitrogens with two attached hydrogens (primary N) is 1. The highest BCUT2D eigenvalue weighted by Crippen LogP contribution is 2.26. The molecule has 0 radical (unpaired) electrons. The molecule has 5 nitrogen and oxygen atoms in total. The molecule has 0 atom stereocenters. The van der Waals surface area contributed by atoms with Gasteiger partial charge in [0.2, 0.25) is 0 Å². The Hall–Kier alpha value is -2.56. The number of hydrogen-bond donors (Lipinski definition) is 2. The van der Waals surface area contributed by atoms with Gasteiger partial charge in [0.25, 0.3) is 0 Å². The third kappa shape index (κ3) is 3.97. The molecule has 0 aliphatic rings. The van der Waals surface area contributed by atoms with Crippen LogP contribution in [-0.4, -0.2) is 16.6 Å². The number of aryl methyl sites for hydroxylation is 1. The van der Waals surface area contributed by atoms with Crippen LogP contribution in [0.3, 0.4) is 0 Å². The fourth-order valence-electron chi connectivity index (χ4n) is 1.93. The molecule has 22 heavy (non-hydrogen) atoms. The molecule has 2 rings (SSSR count). The summed E-state index contributed by atoms with van der Waals surface area (Å²) in [5.41, 5.74) is 8.07. The summed E-state index contributed by atoms with van der Waals surface area (Å²) >= 11 is 0. The summed E-state index contributed by atoms with van der Waals surface area (Å²) in [5.74, 6) is -0.0977. The number of rotatable bonds is 3. The average Bonchev–Trinajstić information content (AvgIpc) is 2.39. The number of aromatic nitrogens is 1. The number of benzene rings is 1. The Kier molecular flexibility index (Phi) is 4.35. The number of para-hydroxylation sites is 1. The highest BCUT2D eigenvalue weighted by atomic mass is 16.6. The van der Waals surface area contributed by atoms with Gasteiger partial charge in [-0.15, -0.1) is 0 Å². The normalized spacial score (nSPS) is 11.1. The first-order chi connectivity index (χ1) is 10.3. The number of carbonyl (C=O) groups is 1. The summed E-state index contributed by atoms with van der Waals surface area (Å²) in [6.45, 7) is 7.46. The molecule has 0 saturated carbocycles. The van der Waals surface area contributed by atoms with E-state index in [2.05, 4.69) is 10.3 Å². The van der Waals surface area contributed by atoms with Gasteiger partial charge in [-0.25, -0.2) is 9.78 Å². The Bertz CT molecular complexity index is 691. The quantitative estimate of drug-likeness (QED) is 0.846. The van der Waals surface area contributed by atoms with Crippen LogP contribution in [0.1, 0.15) is 36.7 Å². The van der Waals surface area contributed by atoms with E-state index in [0.29, 0.717) is 17.1 Å². The zero-order chi connectivity index (χ0) is 16.3. The average molecular weight is 299 g/mol. The van der Waals surface area contributed by atoms with Crippen molar-refractivity contribution in [3.8, 4) is 0 Å². The summed E-state index contributed by atoms with van der Waals surface area (Å²) < 4.78 is 5.41. The molecular formula is C17H21N3O2. The number of nitrogens with one attached hydrogen (secondary N) is 1. The van der Waals surface area contributed by atoms with Gasteiger partial charge in [-0.05, 0) is 39.3 Å². The third-order valence-corrected chi connectivity index (χ3v) is 2.96. The molecule has 3 N–H and O–H groups in total. The van der Waals surface area contributed by atoms with Crippen LogP contribution in [0.5, 0.6) is 0 Å². The second-order valence-electron chi connectivity index (χ2n) is 6.10. The number of nitrogen functional groups attached to an aromatic ring is 1. The van der Waals surface area contributed by atoms with Gasteiger partial charge in [0.15, 0.2) is 0 Å². The smallest absolute Gasteiger partial charge is 0.342 e. The van der Waals surface area contributed by atoms with Crippen molar-refractivity contribution in [2.24, 2.45) is 0 Å². The maximum absolute atomic E-state index is 12.3.